The quantitative estimate of drug-likeness (QED) is 0.291. The number of anilines is 2. The molecule has 192 valence electrons. The number of para-hydroxylation sites is 2. The molecular formula is C24H25N7O6. The summed E-state index contributed by atoms with van der Waals surface area (Å²) in [7, 11) is 0. The zero-order valence-electron chi connectivity index (χ0n) is 19.4. The highest BCUT2D eigenvalue weighted by atomic mass is 16.6. The predicted molar refractivity (Wildman–Crippen MR) is 132 cm³/mol. The fraction of sp³-hybridized carbons (Fsp3) is 0.250. The first kappa shape index (κ1) is 24.5. The standard InChI is InChI=1S/C24H25N7O6/c25-19-16-20(30(12-26-16)23-18(34)17(33)15(11-32)37-23)29-21(22(35)27-13-7-3-1-4-8-13)31(19)24(36)28-14-9-5-2-6-10-14/h1-10,12,15,17-19,23,32-34H,11,25H2,(H,27,35)(H,28,36)/t15-,17?,18?,19?,23-/m1/s1. The van der Waals surface area contributed by atoms with Crippen molar-refractivity contribution in [2.45, 2.75) is 30.7 Å². The lowest BCUT2D eigenvalue weighted by molar-refractivity contribution is -0.111. The highest BCUT2D eigenvalue weighted by Gasteiger charge is 2.46. The molecule has 0 radical (unpaired) electrons. The third kappa shape index (κ3) is 4.57. The molecule has 0 bridgehead atoms. The van der Waals surface area contributed by atoms with Gasteiger partial charge in [-0.05, 0) is 24.3 Å². The number of nitrogens with zero attached hydrogens (tertiary/aromatic N) is 4. The van der Waals surface area contributed by atoms with Gasteiger partial charge in [0.05, 0.1) is 12.9 Å². The Morgan fingerprint density at radius 3 is 2.19 bits per heavy atom. The Balaban J connectivity index is 1.53. The molecule has 13 nitrogen and oxygen atoms in total. The summed E-state index contributed by atoms with van der Waals surface area (Å²) in [6.45, 7) is -0.521. The number of hydrogen-bond donors (Lipinski definition) is 6. The van der Waals surface area contributed by atoms with Crippen LogP contribution in [-0.2, 0) is 9.53 Å². The molecule has 5 atom stereocenters. The number of carbonyl (C=O) groups excluding carboxylic acids is 2. The average molecular weight is 508 g/mol. The van der Waals surface area contributed by atoms with Crippen LogP contribution in [0.25, 0.3) is 0 Å². The number of aliphatic hydroxyl groups is 3. The third-order valence-corrected chi connectivity index (χ3v) is 6.06. The number of imidazole rings is 1. The molecule has 3 aromatic rings. The van der Waals surface area contributed by atoms with E-state index in [0.29, 0.717) is 11.4 Å². The average Bonchev–Trinajstić information content (AvgIpc) is 3.45. The third-order valence-electron chi connectivity index (χ3n) is 6.06. The Bertz CT molecular complexity index is 1320. The van der Waals surface area contributed by atoms with E-state index in [1.54, 1.807) is 60.7 Å². The lowest BCUT2D eigenvalue weighted by Gasteiger charge is -2.32. The van der Waals surface area contributed by atoms with Gasteiger partial charge >= 0.3 is 6.03 Å². The van der Waals surface area contributed by atoms with Crippen molar-refractivity contribution < 1.29 is 29.6 Å². The summed E-state index contributed by atoms with van der Waals surface area (Å²) in [4.78, 5) is 36.3. The molecule has 1 aromatic heterocycles. The lowest BCUT2D eigenvalue weighted by atomic mass is 10.1. The smallest absolute Gasteiger partial charge is 0.329 e. The molecule has 7 N–H and O–H groups in total. The maximum Gasteiger partial charge on any atom is 0.329 e. The Kier molecular flexibility index (Phi) is 6.69. The molecule has 0 spiro atoms. The van der Waals surface area contributed by atoms with E-state index in [2.05, 4.69) is 20.6 Å². The van der Waals surface area contributed by atoms with E-state index in [4.69, 9.17) is 10.5 Å². The summed E-state index contributed by atoms with van der Waals surface area (Å²) in [5, 5.41) is 35.5. The second-order valence-corrected chi connectivity index (χ2v) is 8.46. The van der Waals surface area contributed by atoms with E-state index in [-0.39, 0.29) is 17.3 Å². The van der Waals surface area contributed by atoms with E-state index in [0.717, 1.165) is 4.90 Å². The summed E-state index contributed by atoms with van der Waals surface area (Å²) in [6, 6.07) is 16.5. The van der Waals surface area contributed by atoms with Crippen molar-refractivity contribution in [3.05, 3.63) is 72.7 Å². The summed E-state index contributed by atoms with van der Waals surface area (Å²) < 4.78 is 6.90. The van der Waals surface area contributed by atoms with Crippen LogP contribution >= 0.6 is 0 Å². The Morgan fingerprint density at radius 2 is 1.59 bits per heavy atom. The molecule has 13 heteroatoms. The van der Waals surface area contributed by atoms with Crippen molar-refractivity contribution in [3.8, 4) is 0 Å². The summed E-state index contributed by atoms with van der Waals surface area (Å²) in [6.07, 6.45) is -4.92. The summed E-state index contributed by atoms with van der Waals surface area (Å²) in [5.74, 6) is -0.987. The van der Waals surface area contributed by atoms with Gasteiger partial charge in [-0.25, -0.2) is 14.8 Å². The summed E-state index contributed by atoms with van der Waals surface area (Å²) >= 11 is 0. The number of hydrogen-bond acceptors (Lipinski definition) is 9. The fourth-order valence-corrected chi connectivity index (χ4v) is 4.19. The van der Waals surface area contributed by atoms with Gasteiger partial charge in [-0.3, -0.25) is 14.3 Å². The van der Waals surface area contributed by atoms with Gasteiger partial charge < -0.3 is 36.4 Å². The van der Waals surface area contributed by atoms with Crippen molar-refractivity contribution in [2.24, 2.45) is 10.7 Å². The first-order valence-electron chi connectivity index (χ1n) is 11.4. The van der Waals surface area contributed by atoms with Crippen molar-refractivity contribution >= 4 is 35.0 Å². The maximum atomic E-state index is 13.4. The largest absolute Gasteiger partial charge is 0.394 e. The van der Waals surface area contributed by atoms with E-state index < -0.39 is 49.3 Å². The minimum atomic E-state index is -1.41. The number of aliphatic imine (C=N–C) groups is 1. The van der Waals surface area contributed by atoms with Crippen LogP contribution in [0.4, 0.5) is 22.0 Å². The van der Waals surface area contributed by atoms with Gasteiger partial charge in [0.2, 0.25) is 5.84 Å². The van der Waals surface area contributed by atoms with Crippen molar-refractivity contribution in [2.75, 3.05) is 17.2 Å². The minimum absolute atomic E-state index is 0.0595. The summed E-state index contributed by atoms with van der Waals surface area (Å²) in [5.41, 5.74) is 7.51. The lowest BCUT2D eigenvalue weighted by Crippen LogP contribution is -2.51. The van der Waals surface area contributed by atoms with E-state index in [9.17, 15) is 24.9 Å². The van der Waals surface area contributed by atoms with Gasteiger partial charge in [0.15, 0.2) is 12.0 Å². The van der Waals surface area contributed by atoms with Crippen LogP contribution < -0.4 is 16.4 Å². The second kappa shape index (κ2) is 10.1. The number of amidine groups is 1. The molecule has 1 saturated heterocycles. The number of nitrogens with one attached hydrogen (secondary N) is 2. The molecule has 5 rings (SSSR count). The monoisotopic (exact) mass is 507 g/mol. The highest BCUT2D eigenvalue weighted by Crippen LogP contribution is 2.38. The normalized spacial score (nSPS) is 24.8. The second-order valence-electron chi connectivity index (χ2n) is 8.46. The van der Waals surface area contributed by atoms with Crippen LogP contribution in [0.2, 0.25) is 0 Å². The van der Waals surface area contributed by atoms with Crippen LogP contribution in [0.15, 0.2) is 72.0 Å². The first-order valence-corrected chi connectivity index (χ1v) is 11.4. The zero-order valence-corrected chi connectivity index (χ0v) is 19.4. The van der Waals surface area contributed by atoms with Gasteiger partial charge in [-0.15, -0.1) is 0 Å². The van der Waals surface area contributed by atoms with E-state index in [1.165, 1.54) is 10.9 Å². The number of carbonyl (C=O) groups is 2. The number of fused-ring (bicyclic) bond motifs is 1. The van der Waals surface area contributed by atoms with Crippen LogP contribution in [0.1, 0.15) is 18.1 Å². The van der Waals surface area contributed by atoms with Gasteiger partial charge in [-0.2, -0.15) is 0 Å². The zero-order chi connectivity index (χ0) is 26.1. The molecule has 2 aromatic carbocycles. The van der Waals surface area contributed by atoms with Crippen molar-refractivity contribution in [1.29, 1.82) is 0 Å². The van der Waals surface area contributed by atoms with Gasteiger partial charge in [0, 0.05) is 11.4 Å². The Morgan fingerprint density at radius 1 is 0.973 bits per heavy atom. The SMILES string of the molecule is NC1c2ncn([C@@H]3O[C@H](CO)C(O)C3O)c2N=C(C(=O)Nc2ccccc2)N1C(=O)Nc1ccccc1. The van der Waals surface area contributed by atoms with Gasteiger partial charge in [0.25, 0.3) is 5.91 Å². The van der Waals surface area contributed by atoms with Crippen molar-refractivity contribution in [1.82, 2.24) is 14.5 Å². The Hall–Kier alpha value is -4.14. The van der Waals surface area contributed by atoms with Crippen LogP contribution in [-0.4, -0.2) is 72.5 Å². The predicted octanol–water partition coefficient (Wildman–Crippen LogP) is 0.668. The molecule has 0 saturated carbocycles. The van der Waals surface area contributed by atoms with E-state index >= 15 is 0 Å². The minimum Gasteiger partial charge on any atom is -0.394 e. The number of ether oxygens (including phenoxy) is 1. The molecule has 1 fully saturated rings. The number of benzene rings is 2. The molecule has 3 unspecified atom stereocenters. The topological polar surface area (TPSA) is 188 Å². The van der Waals surface area contributed by atoms with Gasteiger partial charge in [-0.1, -0.05) is 36.4 Å². The molecule has 37 heavy (non-hydrogen) atoms. The number of aliphatic hydroxyl groups excluding tert-OH is 3. The Labute approximate surface area is 210 Å². The number of amides is 3. The van der Waals surface area contributed by atoms with E-state index in [1.807, 2.05) is 0 Å². The first-order chi connectivity index (χ1) is 17.9. The molecule has 2 aliphatic rings. The molecular weight excluding hydrogens is 482 g/mol. The van der Waals surface area contributed by atoms with Crippen molar-refractivity contribution in [3.63, 3.8) is 0 Å². The number of urea groups is 1. The van der Waals surface area contributed by atoms with Crippen LogP contribution in [0.3, 0.4) is 0 Å². The van der Waals surface area contributed by atoms with Gasteiger partial charge in [0.1, 0.15) is 30.2 Å². The molecule has 3 amide bonds. The van der Waals surface area contributed by atoms with Crippen LogP contribution in [0, 0.1) is 0 Å². The maximum absolute atomic E-state index is 13.4. The highest BCUT2D eigenvalue weighted by molar-refractivity contribution is 6.45. The molecule has 0 aliphatic carbocycles. The number of rotatable bonds is 5. The fourth-order valence-electron chi connectivity index (χ4n) is 4.19. The molecule has 3 heterocycles. The van der Waals surface area contributed by atoms with Crippen LogP contribution in [0.5, 0.6) is 0 Å². The molecule has 2 aliphatic heterocycles. The number of aromatic nitrogens is 2. The number of nitrogens with two attached hydrogens (primary N) is 1.